The van der Waals surface area contributed by atoms with E-state index in [1.807, 2.05) is 12.1 Å². The summed E-state index contributed by atoms with van der Waals surface area (Å²) in [7, 11) is 3.32. The number of ether oxygens (including phenoxy) is 2. The molecule has 0 unspecified atom stereocenters. The largest absolute Gasteiger partial charge is 0.493 e. The predicted octanol–water partition coefficient (Wildman–Crippen LogP) is 3.56. The van der Waals surface area contributed by atoms with Crippen molar-refractivity contribution < 1.29 is 9.47 Å². The van der Waals surface area contributed by atoms with Crippen LogP contribution < -0.4 is 14.8 Å². The SMILES string of the molecule is CCNC(=NCCc1ccc(OC)c(OC)c1)N1CCC(C)CC1.I. The van der Waals surface area contributed by atoms with Crippen LogP contribution in [0.25, 0.3) is 0 Å². The molecule has 1 aromatic carbocycles. The third-order valence-corrected chi connectivity index (χ3v) is 4.53. The van der Waals surface area contributed by atoms with E-state index < -0.39 is 0 Å². The summed E-state index contributed by atoms with van der Waals surface area (Å²) in [5.74, 6) is 3.41. The Bertz CT molecular complexity index is 543. The highest BCUT2D eigenvalue weighted by Crippen LogP contribution is 2.27. The van der Waals surface area contributed by atoms with Gasteiger partial charge < -0.3 is 19.7 Å². The minimum Gasteiger partial charge on any atom is -0.493 e. The van der Waals surface area contributed by atoms with Crippen molar-refractivity contribution in [2.45, 2.75) is 33.1 Å². The van der Waals surface area contributed by atoms with Crippen LogP contribution >= 0.6 is 24.0 Å². The maximum atomic E-state index is 5.37. The number of benzene rings is 1. The molecule has 2 rings (SSSR count). The van der Waals surface area contributed by atoms with Gasteiger partial charge in [-0.05, 0) is 49.8 Å². The Labute approximate surface area is 169 Å². The van der Waals surface area contributed by atoms with Gasteiger partial charge in [0.2, 0.25) is 0 Å². The molecule has 5 nitrogen and oxygen atoms in total. The lowest BCUT2D eigenvalue weighted by Gasteiger charge is -2.33. The summed E-state index contributed by atoms with van der Waals surface area (Å²) < 4.78 is 10.7. The van der Waals surface area contributed by atoms with Gasteiger partial charge in [-0.25, -0.2) is 0 Å². The molecule has 0 aromatic heterocycles. The Hall–Kier alpha value is -1.18. The van der Waals surface area contributed by atoms with Crippen molar-refractivity contribution in [3.8, 4) is 11.5 Å². The molecule has 0 bridgehead atoms. The molecule has 1 aliphatic heterocycles. The summed E-state index contributed by atoms with van der Waals surface area (Å²) in [6.45, 7) is 8.33. The Morgan fingerprint density at radius 3 is 2.48 bits per heavy atom. The van der Waals surface area contributed by atoms with Crippen molar-refractivity contribution in [1.29, 1.82) is 0 Å². The second-order valence-corrected chi connectivity index (χ2v) is 6.34. The van der Waals surface area contributed by atoms with Gasteiger partial charge in [-0.2, -0.15) is 0 Å². The number of hydrogen-bond donors (Lipinski definition) is 1. The number of piperidine rings is 1. The molecule has 1 saturated heterocycles. The molecule has 1 aromatic rings. The van der Waals surface area contributed by atoms with Gasteiger partial charge in [-0.15, -0.1) is 24.0 Å². The zero-order chi connectivity index (χ0) is 17.4. The van der Waals surface area contributed by atoms with Crippen molar-refractivity contribution in [3.05, 3.63) is 23.8 Å². The highest BCUT2D eigenvalue weighted by atomic mass is 127. The Morgan fingerprint density at radius 1 is 1.20 bits per heavy atom. The van der Waals surface area contributed by atoms with Crippen LogP contribution in [0.2, 0.25) is 0 Å². The van der Waals surface area contributed by atoms with Crippen LogP contribution in [0.4, 0.5) is 0 Å². The van der Waals surface area contributed by atoms with Gasteiger partial charge in [0.05, 0.1) is 14.2 Å². The summed E-state index contributed by atoms with van der Waals surface area (Å²) in [4.78, 5) is 7.20. The summed E-state index contributed by atoms with van der Waals surface area (Å²) in [5, 5.41) is 3.43. The van der Waals surface area contributed by atoms with Crippen molar-refractivity contribution in [2.75, 3.05) is 40.4 Å². The number of hydrogen-bond acceptors (Lipinski definition) is 3. The molecule has 1 aliphatic rings. The third-order valence-electron chi connectivity index (χ3n) is 4.53. The van der Waals surface area contributed by atoms with Crippen LogP contribution in [-0.2, 0) is 6.42 Å². The minimum absolute atomic E-state index is 0. The smallest absolute Gasteiger partial charge is 0.193 e. The lowest BCUT2D eigenvalue weighted by Crippen LogP contribution is -2.45. The molecule has 0 atom stereocenters. The van der Waals surface area contributed by atoms with Gasteiger partial charge in [0.25, 0.3) is 0 Å². The minimum atomic E-state index is 0. The number of guanidine groups is 1. The van der Waals surface area contributed by atoms with Gasteiger partial charge in [0.1, 0.15) is 0 Å². The van der Waals surface area contributed by atoms with Crippen LogP contribution in [0.3, 0.4) is 0 Å². The standard InChI is InChI=1S/C19H31N3O2.HI/c1-5-20-19(22-12-9-15(2)10-13-22)21-11-8-16-6-7-17(23-3)18(14-16)24-4;/h6-7,14-15H,5,8-13H2,1-4H3,(H,20,21);1H. The van der Waals surface area contributed by atoms with Gasteiger partial charge in [-0.1, -0.05) is 13.0 Å². The molecular formula is C19H32IN3O2. The van der Waals surface area contributed by atoms with Crippen molar-refractivity contribution in [3.63, 3.8) is 0 Å². The first-order valence-electron chi connectivity index (χ1n) is 8.92. The van der Waals surface area contributed by atoms with Crippen molar-refractivity contribution >= 4 is 29.9 Å². The normalized spacial score (nSPS) is 15.5. The number of methoxy groups -OCH3 is 2. The van der Waals surface area contributed by atoms with E-state index in [9.17, 15) is 0 Å². The summed E-state index contributed by atoms with van der Waals surface area (Å²) in [5.41, 5.74) is 1.21. The van der Waals surface area contributed by atoms with E-state index in [-0.39, 0.29) is 24.0 Å². The number of halogens is 1. The molecule has 0 radical (unpaired) electrons. The fraction of sp³-hybridized carbons (Fsp3) is 0.632. The number of rotatable bonds is 6. The topological polar surface area (TPSA) is 46.1 Å². The molecule has 0 spiro atoms. The summed E-state index contributed by atoms with van der Waals surface area (Å²) in [6, 6.07) is 6.06. The second-order valence-electron chi connectivity index (χ2n) is 6.34. The number of aliphatic imine (C=N–C) groups is 1. The van der Waals surface area contributed by atoms with E-state index in [0.29, 0.717) is 0 Å². The molecule has 1 N–H and O–H groups in total. The second kappa shape index (κ2) is 11.4. The average molecular weight is 461 g/mol. The predicted molar refractivity (Wildman–Crippen MR) is 115 cm³/mol. The van der Waals surface area contributed by atoms with Crippen molar-refractivity contribution in [1.82, 2.24) is 10.2 Å². The van der Waals surface area contributed by atoms with E-state index in [1.54, 1.807) is 14.2 Å². The van der Waals surface area contributed by atoms with Crippen LogP contribution in [0.1, 0.15) is 32.3 Å². The lowest BCUT2D eigenvalue weighted by atomic mass is 10.00. The highest BCUT2D eigenvalue weighted by molar-refractivity contribution is 14.0. The Balaban J connectivity index is 0.00000312. The zero-order valence-electron chi connectivity index (χ0n) is 15.9. The lowest BCUT2D eigenvalue weighted by molar-refractivity contribution is 0.273. The first-order chi connectivity index (χ1) is 11.7. The zero-order valence-corrected chi connectivity index (χ0v) is 18.2. The average Bonchev–Trinajstić information content (AvgIpc) is 2.61. The number of likely N-dealkylation sites (tertiary alicyclic amines) is 1. The fourth-order valence-electron chi connectivity index (χ4n) is 2.97. The maximum absolute atomic E-state index is 5.37. The van der Waals surface area contributed by atoms with Crippen LogP contribution in [-0.4, -0.2) is 51.3 Å². The Morgan fingerprint density at radius 2 is 1.88 bits per heavy atom. The van der Waals surface area contributed by atoms with Crippen LogP contribution in [0.5, 0.6) is 11.5 Å². The van der Waals surface area contributed by atoms with Crippen molar-refractivity contribution in [2.24, 2.45) is 10.9 Å². The molecule has 0 amide bonds. The van der Waals surface area contributed by atoms with Gasteiger partial charge >= 0.3 is 0 Å². The highest BCUT2D eigenvalue weighted by Gasteiger charge is 2.18. The molecule has 1 heterocycles. The third kappa shape index (κ3) is 6.56. The molecule has 1 fully saturated rings. The monoisotopic (exact) mass is 461 g/mol. The first-order valence-corrected chi connectivity index (χ1v) is 8.92. The number of nitrogens with zero attached hydrogens (tertiary/aromatic N) is 2. The molecule has 6 heteroatoms. The van der Waals surface area contributed by atoms with E-state index in [1.165, 1.54) is 18.4 Å². The first kappa shape index (κ1) is 21.9. The number of nitrogens with one attached hydrogen (secondary N) is 1. The van der Waals surface area contributed by atoms with E-state index in [4.69, 9.17) is 14.5 Å². The Kier molecular flexibility index (Phi) is 10.0. The van der Waals surface area contributed by atoms with Crippen LogP contribution in [0, 0.1) is 5.92 Å². The molecule has 0 saturated carbocycles. The molecular weight excluding hydrogens is 429 g/mol. The fourth-order valence-corrected chi connectivity index (χ4v) is 2.97. The van der Waals surface area contributed by atoms with E-state index >= 15 is 0 Å². The van der Waals surface area contributed by atoms with E-state index in [2.05, 4.69) is 30.1 Å². The van der Waals surface area contributed by atoms with E-state index in [0.717, 1.165) is 56.0 Å². The van der Waals surface area contributed by atoms with Crippen LogP contribution in [0.15, 0.2) is 23.2 Å². The maximum Gasteiger partial charge on any atom is 0.193 e. The summed E-state index contributed by atoms with van der Waals surface area (Å²) >= 11 is 0. The molecule has 142 valence electrons. The molecule has 25 heavy (non-hydrogen) atoms. The summed E-state index contributed by atoms with van der Waals surface area (Å²) in [6.07, 6.45) is 3.39. The van der Waals surface area contributed by atoms with Gasteiger partial charge in [0.15, 0.2) is 17.5 Å². The van der Waals surface area contributed by atoms with Gasteiger partial charge in [-0.3, -0.25) is 4.99 Å². The molecule has 0 aliphatic carbocycles. The quantitative estimate of drug-likeness (QED) is 0.400. The van der Waals surface area contributed by atoms with Gasteiger partial charge in [0, 0.05) is 26.2 Å².